The van der Waals surface area contributed by atoms with Crippen LogP contribution in [0.2, 0.25) is 0 Å². The Morgan fingerprint density at radius 2 is 2.18 bits per heavy atom. The van der Waals surface area contributed by atoms with E-state index < -0.39 is 5.97 Å². The average Bonchev–Trinajstić information content (AvgIpc) is 3.18. The number of ether oxygens (including phenoxy) is 1. The monoisotopic (exact) mass is 318 g/mol. The second kappa shape index (κ2) is 5.76. The number of carboxylic acids is 1. The van der Waals surface area contributed by atoms with Crippen LogP contribution in [0.3, 0.4) is 0 Å². The number of amides is 1. The SMILES string of the molecule is Cc1sc(C(=O)O)cc1C(=O)Nc1cc(OC2CC2)ccn1. The van der Waals surface area contributed by atoms with Crippen molar-refractivity contribution in [1.82, 2.24) is 4.98 Å². The molecule has 22 heavy (non-hydrogen) atoms. The fourth-order valence-electron chi connectivity index (χ4n) is 1.93. The number of carbonyl (C=O) groups excluding carboxylic acids is 1. The van der Waals surface area contributed by atoms with Gasteiger partial charge in [0, 0.05) is 17.1 Å². The van der Waals surface area contributed by atoms with Crippen LogP contribution in [0.1, 0.15) is 37.7 Å². The minimum Gasteiger partial charge on any atom is -0.490 e. The first-order valence-corrected chi connectivity index (χ1v) is 7.62. The second-order valence-electron chi connectivity index (χ2n) is 5.03. The van der Waals surface area contributed by atoms with E-state index in [9.17, 15) is 9.59 Å². The van der Waals surface area contributed by atoms with Gasteiger partial charge in [-0.15, -0.1) is 11.3 Å². The first-order valence-electron chi connectivity index (χ1n) is 6.80. The Kier molecular flexibility index (Phi) is 3.81. The molecule has 0 aromatic carbocycles. The van der Waals surface area contributed by atoms with Crippen LogP contribution in [-0.2, 0) is 0 Å². The molecule has 0 bridgehead atoms. The minimum atomic E-state index is -1.04. The first-order chi connectivity index (χ1) is 10.5. The molecule has 2 aromatic heterocycles. The molecule has 0 aliphatic heterocycles. The molecular formula is C15H14N2O4S. The molecule has 1 fully saturated rings. The molecule has 2 N–H and O–H groups in total. The summed E-state index contributed by atoms with van der Waals surface area (Å²) in [5, 5.41) is 11.6. The van der Waals surface area contributed by atoms with Gasteiger partial charge in [-0.2, -0.15) is 0 Å². The highest BCUT2D eigenvalue weighted by atomic mass is 32.1. The van der Waals surface area contributed by atoms with Gasteiger partial charge in [-0.1, -0.05) is 0 Å². The normalized spacial score (nSPS) is 13.7. The van der Waals surface area contributed by atoms with Gasteiger partial charge in [0.2, 0.25) is 0 Å². The summed E-state index contributed by atoms with van der Waals surface area (Å²) >= 11 is 1.08. The molecule has 7 heteroatoms. The molecule has 1 aliphatic carbocycles. The zero-order valence-corrected chi connectivity index (χ0v) is 12.6. The van der Waals surface area contributed by atoms with Crippen LogP contribution in [0.15, 0.2) is 24.4 Å². The maximum atomic E-state index is 12.2. The molecular weight excluding hydrogens is 304 g/mol. The summed E-state index contributed by atoms with van der Waals surface area (Å²) in [4.78, 5) is 28.1. The van der Waals surface area contributed by atoms with Crippen molar-refractivity contribution in [3.63, 3.8) is 0 Å². The third kappa shape index (κ3) is 3.25. The van der Waals surface area contributed by atoms with E-state index >= 15 is 0 Å². The van der Waals surface area contributed by atoms with Crippen molar-refractivity contribution in [2.45, 2.75) is 25.9 Å². The van der Waals surface area contributed by atoms with Crippen molar-refractivity contribution >= 4 is 29.0 Å². The van der Waals surface area contributed by atoms with E-state index in [0.717, 1.165) is 24.2 Å². The molecule has 114 valence electrons. The first kappa shape index (κ1) is 14.5. The number of hydrogen-bond donors (Lipinski definition) is 2. The molecule has 0 saturated heterocycles. The molecule has 0 unspecified atom stereocenters. The number of aromatic carboxylic acids is 1. The fourth-order valence-corrected chi connectivity index (χ4v) is 2.78. The third-order valence-corrected chi connectivity index (χ3v) is 4.21. The predicted molar refractivity (Wildman–Crippen MR) is 81.9 cm³/mol. The van der Waals surface area contributed by atoms with Crippen molar-refractivity contribution in [3.8, 4) is 5.75 Å². The van der Waals surface area contributed by atoms with Gasteiger partial charge in [0.15, 0.2) is 0 Å². The van der Waals surface area contributed by atoms with Crippen LogP contribution >= 0.6 is 11.3 Å². The summed E-state index contributed by atoms with van der Waals surface area (Å²) in [5.74, 6) is -0.367. The van der Waals surface area contributed by atoms with Crippen LogP contribution in [0.5, 0.6) is 5.75 Å². The minimum absolute atomic E-state index is 0.140. The highest BCUT2D eigenvalue weighted by Gasteiger charge is 2.23. The van der Waals surface area contributed by atoms with Gasteiger partial charge < -0.3 is 15.2 Å². The van der Waals surface area contributed by atoms with E-state index in [1.54, 1.807) is 25.3 Å². The lowest BCUT2D eigenvalue weighted by molar-refractivity contribution is 0.0702. The van der Waals surface area contributed by atoms with E-state index in [0.29, 0.717) is 22.0 Å². The van der Waals surface area contributed by atoms with Crippen LogP contribution in [0.25, 0.3) is 0 Å². The Labute approximate surface area is 130 Å². The largest absolute Gasteiger partial charge is 0.490 e. The maximum absolute atomic E-state index is 12.2. The van der Waals surface area contributed by atoms with Crippen LogP contribution in [0.4, 0.5) is 5.82 Å². The lowest BCUT2D eigenvalue weighted by Gasteiger charge is -2.07. The topological polar surface area (TPSA) is 88.5 Å². The molecule has 6 nitrogen and oxygen atoms in total. The number of pyridine rings is 1. The Hall–Kier alpha value is -2.41. The predicted octanol–water partition coefficient (Wildman–Crippen LogP) is 2.94. The van der Waals surface area contributed by atoms with Gasteiger partial charge in [-0.05, 0) is 31.9 Å². The molecule has 0 atom stereocenters. The lowest BCUT2D eigenvalue weighted by atomic mass is 10.2. The molecule has 1 amide bonds. The highest BCUT2D eigenvalue weighted by molar-refractivity contribution is 7.14. The fraction of sp³-hybridized carbons (Fsp3) is 0.267. The molecule has 2 heterocycles. The van der Waals surface area contributed by atoms with Crippen molar-refractivity contribution < 1.29 is 19.4 Å². The summed E-state index contributed by atoms with van der Waals surface area (Å²) in [7, 11) is 0. The van der Waals surface area contributed by atoms with Crippen molar-refractivity contribution in [2.24, 2.45) is 0 Å². The highest BCUT2D eigenvalue weighted by Crippen LogP contribution is 2.28. The van der Waals surface area contributed by atoms with Crippen LogP contribution in [-0.4, -0.2) is 28.1 Å². The summed E-state index contributed by atoms with van der Waals surface area (Å²) in [6.45, 7) is 1.71. The van der Waals surface area contributed by atoms with Crippen molar-refractivity contribution in [1.29, 1.82) is 0 Å². The van der Waals surface area contributed by atoms with Gasteiger partial charge in [-0.3, -0.25) is 4.79 Å². The van der Waals surface area contributed by atoms with Gasteiger partial charge >= 0.3 is 5.97 Å². The van der Waals surface area contributed by atoms with Crippen LogP contribution < -0.4 is 10.1 Å². The zero-order valence-electron chi connectivity index (χ0n) is 11.8. The molecule has 3 rings (SSSR count). The quantitative estimate of drug-likeness (QED) is 0.885. The molecule has 1 saturated carbocycles. The van der Waals surface area contributed by atoms with Crippen molar-refractivity contribution in [2.75, 3.05) is 5.32 Å². The van der Waals surface area contributed by atoms with Gasteiger partial charge in [0.05, 0.1) is 11.7 Å². The van der Waals surface area contributed by atoms with Gasteiger partial charge in [0.1, 0.15) is 16.4 Å². The molecule has 0 radical (unpaired) electrons. The van der Waals surface area contributed by atoms with Gasteiger partial charge in [-0.25, -0.2) is 9.78 Å². The Bertz CT molecular complexity index is 737. The Balaban J connectivity index is 1.74. The number of aromatic nitrogens is 1. The molecule has 1 aliphatic rings. The summed E-state index contributed by atoms with van der Waals surface area (Å²) < 4.78 is 5.65. The third-order valence-electron chi connectivity index (χ3n) is 3.17. The van der Waals surface area contributed by atoms with E-state index in [-0.39, 0.29) is 16.9 Å². The van der Waals surface area contributed by atoms with E-state index in [4.69, 9.17) is 9.84 Å². The zero-order chi connectivity index (χ0) is 15.7. The standard InChI is InChI=1S/C15H14N2O4S/c1-8-11(7-12(22-8)15(19)20)14(18)17-13-6-10(4-5-16-13)21-9-2-3-9/h4-7,9H,2-3H2,1H3,(H,19,20)(H,16,17,18). The number of hydrogen-bond acceptors (Lipinski definition) is 5. The summed E-state index contributed by atoms with van der Waals surface area (Å²) in [6, 6.07) is 4.78. The number of thiophene rings is 1. The Morgan fingerprint density at radius 3 is 2.82 bits per heavy atom. The van der Waals surface area contributed by atoms with Crippen LogP contribution in [0, 0.1) is 6.92 Å². The van der Waals surface area contributed by atoms with Crippen molar-refractivity contribution in [3.05, 3.63) is 39.7 Å². The number of anilines is 1. The number of carbonyl (C=O) groups is 2. The van der Waals surface area contributed by atoms with Gasteiger partial charge in [0.25, 0.3) is 5.91 Å². The molecule has 2 aromatic rings. The lowest BCUT2D eigenvalue weighted by Crippen LogP contribution is -2.13. The number of nitrogens with one attached hydrogen (secondary N) is 1. The number of carboxylic acid groups (broad SMARTS) is 1. The number of rotatable bonds is 5. The number of aryl methyl sites for hydroxylation is 1. The summed E-state index contributed by atoms with van der Waals surface area (Å²) in [5.41, 5.74) is 0.345. The Morgan fingerprint density at radius 1 is 1.41 bits per heavy atom. The second-order valence-corrected chi connectivity index (χ2v) is 6.29. The maximum Gasteiger partial charge on any atom is 0.345 e. The van der Waals surface area contributed by atoms with E-state index in [1.807, 2.05) is 0 Å². The summed E-state index contributed by atoms with van der Waals surface area (Å²) in [6.07, 6.45) is 3.94. The average molecular weight is 318 g/mol. The van der Waals surface area contributed by atoms with E-state index in [1.165, 1.54) is 6.07 Å². The van der Waals surface area contributed by atoms with E-state index in [2.05, 4.69) is 10.3 Å². The smallest absolute Gasteiger partial charge is 0.345 e. The molecule has 0 spiro atoms. The number of nitrogens with zero attached hydrogens (tertiary/aromatic N) is 1.